The van der Waals surface area contributed by atoms with E-state index in [1.807, 2.05) is 0 Å². The molecule has 0 amide bonds. The smallest absolute Gasteiger partial charge is 0.277 e. The second-order valence-corrected chi connectivity index (χ2v) is 5.74. The number of nitro benzene ring substituents is 1. The first-order valence-electron chi connectivity index (χ1n) is 7.46. The number of aromatic nitrogens is 1. The Hall–Kier alpha value is -2.17. The molecule has 110 valence electrons. The van der Waals surface area contributed by atoms with Gasteiger partial charge in [-0.1, -0.05) is 19.8 Å². The van der Waals surface area contributed by atoms with Crippen molar-refractivity contribution in [2.45, 2.75) is 38.6 Å². The summed E-state index contributed by atoms with van der Waals surface area (Å²) in [4.78, 5) is 14.9. The third-order valence-electron chi connectivity index (χ3n) is 4.16. The van der Waals surface area contributed by atoms with Crippen molar-refractivity contribution in [3.8, 4) is 0 Å². The number of benzene rings is 1. The summed E-state index contributed by atoms with van der Waals surface area (Å²) in [6, 6.07) is 5.51. The molecule has 1 fully saturated rings. The number of rotatable bonds is 6. The monoisotopic (exact) mass is 285 g/mol. The third kappa shape index (κ3) is 2.96. The highest BCUT2D eigenvalue weighted by Gasteiger charge is 2.25. The fourth-order valence-corrected chi connectivity index (χ4v) is 2.76. The minimum Gasteiger partial charge on any atom is -0.382 e. The van der Waals surface area contributed by atoms with Crippen molar-refractivity contribution in [1.82, 2.24) is 4.98 Å². The molecule has 1 saturated carbocycles. The van der Waals surface area contributed by atoms with Crippen LogP contribution in [0.25, 0.3) is 10.8 Å². The second kappa shape index (κ2) is 5.68. The molecule has 0 bridgehead atoms. The van der Waals surface area contributed by atoms with E-state index < -0.39 is 0 Å². The van der Waals surface area contributed by atoms with Crippen LogP contribution in [0.4, 0.5) is 11.4 Å². The lowest BCUT2D eigenvalue weighted by atomic mass is 10.0. The van der Waals surface area contributed by atoms with E-state index in [9.17, 15) is 10.1 Å². The van der Waals surface area contributed by atoms with Crippen molar-refractivity contribution >= 4 is 22.1 Å². The van der Waals surface area contributed by atoms with E-state index in [0.717, 1.165) is 23.4 Å². The van der Waals surface area contributed by atoms with E-state index in [0.29, 0.717) is 11.4 Å². The van der Waals surface area contributed by atoms with Crippen LogP contribution in [-0.2, 0) is 0 Å². The molecule has 1 atom stereocenters. The first-order valence-corrected chi connectivity index (χ1v) is 7.46. The number of non-ortho nitro benzene ring substituents is 1. The van der Waals surface area contributed by atoms with E-state index in [1.165, 1.54) is 19.3 Å². The summed E-state index contributed by atoms with van der Waals surface area (Å²) in [6.45, 7) is 2.17. The Balaban J connectivity index is 1.94. The van der Waals surface area contributed by atoms with Gasteiger partial charge in [-0.05, 0) is 30.9 Å². The van der Waals surface area contributed by atoms with Crippen LogP contribution in [0.15, 0.2) is 30.6 Å². The molecular formula is C16H19N3O2. The van der Waals surface area contributed by atoms with Crippen molar-refractivity contribution in [3.05, 3.63) is 40.7 Å². The van der Waals surface area contributed by atoms with Crippen LogP contribution in [0.3, 0.4) is 0 Å². The van der Waals surface area contributed by atoms with Gasteiger partial charge in [-0.15, -0.1) is 0 Å². The minimum atomic E-state index is -0.340. The zero-order valence-electron chi connectivity index (χ0n) is 12.1. The Morgan fingerprint density at radius 1 is 1.38 bits per heavy atom. The van der Waals surface area contributed by atoms with Gasteiger partial charge in [0.15, 0.2) is 0 Å². The van der Waals surface area contributed by atoms with Crippen molar-refractivity contribution in [2.75, 3.05) is 5.32 Å². The van der Waals surface area contributed by atoms with Crippen LogP contribution in [-0.4, -0.2) is 15.9 Å². The Bertz CT molecular complexity index is 668. The van der Waals surface area contributed by atoms with Crippen LogP contribution in [0.2, 0.25) is 0 Å². The standard InChI is InChI=1S/C16H19N3O2/c1-2-12(9-11-3-4-11)18-15-5-6-16(19(20)21)13-7-8-17-10-14(13)15/h5-8,10-12,18H,2-4,9H2,1H3. The summed E-state index contributed by atoms with van der Waals surface area (Å²) in [6.07, 6.45) is 8.20. The SMILES string of the molecule is CCC(CC1CC1)Nc1ccc([N+](=O)[O-])c2ccncc12. The first-order chi connectivity index (χ1) is 10.2. The predicted octanol–water partition coefficient (Wildman–Crippen LogP) is 4.13. The molecule has 0 spiro atoms. The fourth-order valence-electron chi connectivity index (χ4n) is 2.76. The number of anilines is 1. The molecular weight excluding hydrogens is 266 g/mol. The minimum absolute atomic E-state index is 0.133. The van der Waals surface area contributed by atoms with Gasteiger partial charge in [-0.25, -0.2) is 0 Å². The summed E-state index contributed by atoms with van der Waals surface area (Å²) in [7, 11) is 0. The lowest BCUT2D eigenvalue weighted by Gasteiger charge is -2.19. The van der Waals surface area contributed by atoms with Crippen molar-refractivity contribution in [3.63, 3.8) is 0 Å². The number of pyridine rings is 1. The number of hydrogen-bond donors (Lipinski definition) is 1. The van der Waals surface area contributed by atoms with E-state index in [-0.39, 0.29) is 10.6 Å². The highest BCUT2D eigenvalue weighted by molar-refractivity contribution is 5.99. The van der Waals surface area contributed by atoms with Gasteiger partial charge in [0.05, 0.1) is 10.3 Å². The lowest BCUT2D eigenvalue weighted by molar-refractivity contribution is -0.383. The molecule has 0 saturated heterocycles. The van der Waals surface area contributed by atoms with Gasteiger partial charge in [0.1, 0.15) is 0 Å². The summed E-state index contributed by atoms with van der Waals surface area (Å²) in [5.41, 5.74) is 1.07. The van der Waals surface area contributed by atoms with Crippen LogP contribution >= 0.6 is 0 Å². The maximum atomic E-state index is 11.1. The second-order valence-electron chi connectivity index (χ2n) is 5.74. The summed E-state index contributed by atoms with van der Waals surface area (Å²) in [5.74, 6) is 0.852. The lowest BCUT2D eigenvalue weighted by Crippen LogP contribution is -2.19. The van der Waals surface area contributed by atoms with Crippen molar-refractivity contribution in [2.24, 2.45) is 5.92 Å². The van der Waals surface area contributed by atoms with Gasteiger partial charge >= 0.3 is 0 Å². The van der Waals surface area contributed by atoms with Gasteiger partial charge in [0, 0.05) is 35.6 Å². The molecule has 1 aromatic heterocycles. The Morgan fingerprint density at radius 3 is 2.86 bits per heavy atom. The highest BCUT2D eigenvalue weighted by atomic mass is 16.6. The van der Waals surface area contributed by atoms with Crippen molar-refractivity contribution < 1.29 is 4.92 Å². The normalized spacial score (nSPS) is 15.9. The molecule has 1 N–H and O–H groups in total. The molecule has 1 unspecified atom stereocenters. The van der Waals surface area contributed by atoms with Gasteiger partial charge in [-0.3, -0.25) is 15.1 Å². The molecule has 2 aromatic rings. The third-order valence-corrected chi connectivity index (χ3v) is 4.16. The molecule has 3 rings (SSSR count). The molecule has 1 aliphatic carbocycles. The summed E-state index contributed by atoms with van der Waals surface area (Å²) in [5, 5.41) is 16.1. The average molecular weight is 285 g/mol. The van der Waals surface area contributed by atoms with Crippen molar-refractivity contribution in [1.29, 1.82) is 0 Å². The van der Waals surface area contributed by atoms with Crippen LogP contribution in [0.1, 0.15) is 32.6 Å². The molecule has 1 aliphatic rings. The van der Waals surface area contributed by atoms with Crippen LogP contribution in [0.5, 0.6) is 0 Å². The topological polar surface area (TPSA) is 68.1 Å². The number of nitrogens with one attached hydrogen (secondary N) is 1. The quantitative estimate of drug-likeness (QED) is 0.640. The molecule has 5 nitrogen and oxygen atoms in total. The average Bonchev–Trinajstić information content (AvgIpc) is 3.30. The largest absolute Gasteiger partial charge is 0.382 e. The van der Waals surface area contributed by atoms with E-state index >= 15 is 0 Å². The Kier molecular flexibility index (Phi) is 3.73. The molecule has 21 heavy (non-hydrogen) atoms. The zero-order chi connectivity index (χ0) is 14.8. The van der Waals surface area contributed by atoms with Gasteiger partial charge in [0.2, 0.25) is 0 Å². The molecule has 0 aliphatic heterocycles. The number of nitro groups is 1. The van der Waals surface area contributed by atoms with E-state index in [2.05, 4.69) is 17.2 Å². The first kappa shape index (κ1) is 13.8. The summed E-state index contributed by atoms with van der Waals surface area (Å²) >= 11 is 0. The fraction of sp³-hybridized carbons (Fsp3) is 0.438. The predicted molar refractivity (Wildman–Crippen MR) is 83.4 cm³/mol. The zero-order valence-corrected chi connectivity index (χ0v) is 12.1. The van der Waals surface area contributed by atoms with E-state index in [1.54, 1.807) is 30.6 Å². The van der Waals surface area contributed by atoms with Gasteiger partial charge in [0.25, 0.3) is 5.69 Å². The maximum Gasteiger partial charge on any atom is 0.277 e. The highest BCUT2D eigenvalue weighted by Crippen LogP contribution is 2.36. The molecule has 1 heterocycles. The van der Waals surface area contributed by atoms with Gasteiger partial charge in [-0.2, -0.15) is 0 Å². The number of hydrogen-bond acceptors (Lipinski definition) is 4. The van der Waals surface area contributed by atoms with Crippen LogP contribution in [0, 0.1) is 16.0 Å². The number of fused-ring (bicyclic) bond motifs is 1. The summed E-state index contributed by atoms with van der Waals surface area (Å²) < 4.78 is 0. The Labute approximate surface area is 123 Å². The van der Waals surface area contributed by atoms with Gasteiger partial charge < -0.3 is 5.32 Å². The number of nitrogens with zero attached hydrogens (tertiary/aromatic N) is 2. The maximum absolute atomic E-state index is 11.1. The Morgan fingerprint density at radius 2 is 2.19 bits per heavy atom. The van der Waals surface area contributed by atoms with Crippen LogP contribution < -0.4 is 5.32 Å². The molecule has 5 heteroatoms. The molecule has 0 radical (unpaired) electrons. The van der Waals surface area contributed by atoms with E-state index in [4.69, 9.17) is 0 Å². The molecule has 1 aromatic carbocycles.